The average Bonchev–Trinajstić information content (AvgIpc) is 2.70. The molecular formula is C20H23ClN4O3. The molecule has 148 valence electrons. The molecule has 3 rings (SSSR count). The lowest BCUT2D eigenvalue weighted by Gasteiger charge is -2.29. The van der Waals surface area contributed by atoms with E-state index in [1.165, 1.54) is 4.90 Å². The fourth-order valence-corrected chi connectivity index (χ4v) is 2.94. The first-order valence-corrected chi connectivity index (χ1v) is 8.81. The third-order valence-corrected chi connectivity index (χ3v) is 4.38. The van der Waals surface area contributed by atoms with Crippen LogP contribution in [0.2, 0.25) is 0 Å². The van der Waals surface area contributed by atoms with Gasteiger partial charge in [0, 0.05) is 25.4 Å². The third-order valence-electron chi connectivity index (χ3n) is 4.38. The van der Waals surface area contributed by atoms with Crippen molar-refractivity contribution in [3.8, 4) is 0 Å². The van der Waals surface area contributed by atoms with Crippen molar-refractivity contribution in [3.63, 3.8) is 0 Å². The number of hydrogen-bond acceptors (Lipinski definition) is 4. The molecule has 2 aromatic carbocycles. The Bertz CT molecular complexity index is 844. The predicted molar refractivity (Wildman–Crippen MR) is 110 cm³/mol. The number of amides is 3. The number of nitrogens with zero attached hydrogens (tertiary/aromatic N) is 1. The Balaban J connectivity index is 0.00000280. The molecule has 1 heterocycles. The van der Waals surface area contributed by atoms with E-state index in [0.29, 0.717) is 17.9 Å². The number of hydrogen-bond donors (Lipinski definition) is 3. The van der Waals surface area contributed by atoms with Crippen molar-refractivity contribution in [2.75, 3.05) is 23.3 Å². The number of carbonyl (C=O) groups excluding carboxylic acids is 3. The topological polar surface area (TPSA) is 105 Å². The largest absolute Gasteiger partial charge is 0.354 e. The molecule has 28 heavy (non-hydrogen) atoms. The molecule has 1 unspecified atom stereocenters. The van der Waals surface area contributed by atoms with Crippen molar-refractivity contribution in [3.05, 3.63) is 60.2 Å². The van der Waals surface area contributed by atoms with Crippen LogP contribution in [0.5, 0.6) is 0 Å². The second-order valence-corrected chi connectivity index (χ2v) is 6.37. The summed E-state index contributed by atoms with van der Waals surface area (Å²) in [5.41, 5.74) is 8.23. The normalized spacial score (nSPS) is 13.6. The van der Waals surface area contributed by atoms with Crippen LogP contribution in [0.3, 0.4) is 0 Å². The van der Waals surface area contributed by atoms with Gasteiger partial charge in [-0.1, -0.05) is 42.5 Å². The van der Waals surface area contributed by atoms with Gasteiger partial charge >= 0.3 is 0 Å². The van der Waals surface area contributed by atoms with Crippen LogP contribution in [0.4, 0.5) is 11.4 Å². The zero-order valence-electron chi connectivity index (χ0n) is 15.3. The second-order valence-electron chi connectivity index (χ2n) is 6.37. The summed E-state index contributed by atoms with van der Waals surface area (Å²) >= 11 is 0. The van der Waals surface area contributed by atoms with Crippen LogP contribution >= 0.6 is 12.4 Å². The molecule has 0 aromatic heterocycles. The van der Waals surface area contributed by atoms with E-state index < -0.39 is 0 Å². The van der Waals surface area contributed by atoms with Crippen LogP contribution in [0, 0.1) is 0 Å². The van der Waals surface area contributed by atoms with Crippen LogP contribution < -0.4 is 21.3 Å². The predicted octanol–water partition coefficient (Wildman–Crippen LogP) is 1.99. The third kappa shape index (κ3) is 5.31. The molecule has 8 heteroatoms. The van der Waals surface area contributed by atoms with Crippen molar-refractivity contribution in [1.82, 2.24) is 5.32 Å². The molecule has 0 bridgehead atoms. The summed E-state index contributed by atoms with van der Waals surface area (Å²) in [4.78, 5) is 37.8. The molecule has 0 spiro atoms. The number of carbonyl (C=O) groups is 3. The van der Waals surface area contributed by atoms with E-state index in [9.17, 15) is 14.4 Å². The molecular weight excluding hydrogens is 380 g/mol. The lowest BCUT2D eigenvalue weighted by molar-refractivity contribution is -0.125. The van der Waals surface area contributed by atoms with Gasteiger partial charge in [-0.25, -0.2) is 0 Å². The van der Waals surface area contributed by atoms with Gasteiger partial charge in [-0.15, -0.1) is 12.4 Å². The number of halogens is 1. The first-order valence-electron chi connectivity index (χ1n) is 8.81. The van der Waals surface area contributed by atoms with Crippen molar-refractivity contribution in [2.24, 2.45) is 5.73 Å². The molecule has 0 saturated heterocycles. The zero-order chi connectivity index (χ0) is 19.2. The summed E-state index contributed by atoms with van der Waals surface area (Å²) in [7, 11) is 0. The fourth-order valence-electron chi connectivity index (χ4n) is 2.94. The molecule has 0 fully saturated rings. The standard InChI is InChI=1S/C20H22N4O3.ClH/c21-15(14-6-2-1-3-7-14)12-22-18(25)10-11-20(27)24-13-19(26)23-16-8-4-5-9-17(16)24;/h1-9,15H,10-13,21H2,(H,22,25)(H,23,26);1H. The van der Waals surface area contributed by atoms with Crippen LogP contribution in [-0.4, -0.2) is 30.8 Å². The number of anilines is 2. The highest BCUT2D eigenvalue weighted by Crippen LogP contribution is 2.29. The summed E-state index contributed by atoms with van der Waals surface area (Å²) < 4.78 is 0. The molecule has 0 radical (unpaired) electrons. The number of nitrogens with one attached hydrogen (secondary N) is 2. The zero-order valence-corrected chi connectivity index (χ0v) is 16.1. The quantitative estimate of drug-likeness (QED) is 0.687. The highest BCUT2D eigenvalue weighted by Gasteiger charge is 2.26. The maximum Gasteiger partial charge on any atom is 0.244 e. The lowest BCUT2D eigenvalue weighted by atomic mass is 10.1. The minimum atomic E-state index is -0.302. The fraction of sp³-hybridized carbons (Fsp3) is 0.250. The highest BCUT2D eigenvalue weighted by atomic mass is 35.5. The summed E-state index contributed by atoms with van der Waals surface area (Å²) in [5.74, 6) is -0.760. The number of para-hydroxylation sites is 2. The van der Waals surface area contributed by atoms with Crippen LogP contribution in [0.15, 0.2) is 54.6 Å². The van der Waals surface area contributed by atoms with E-state index >= 15 is 0 Å². The SMILES string of the molecule is Cl.NC(CNC(=O)CCC(=O)N1CC(=O)Nc2ccccc21)c1ccccc1. The Hall–Kier alpha value is -2.90. The van der Waals surface area contributed by atoms with Gasteiger partial charge in [-0.3, -0.25) is 14.4 Å². The van der Waals surface area contributed by atoms with E-state index in [1.807, 2.05) is 30.3 Å². The Morgan fingerprint density at radius 1 is 1.07 bits per heavy atom. The van der Waals surface area contributed by atoms with Gasteiger partial charge in [-0.2, -0.15) is 0 Å². The summed E-state index contributed by atoms with van der Waals surface area (Å²) in [6, 6.07) is 16.3. The second kappa shape index (κ2) is 9.87. The Morgan fingerprint density at radius 2 is 1.75 bits per heavy atom. The van der Waals surface area contributed by atoms with Gasteiger partial charge in [0.2, 0.25) is 17.7 Å². The summed E-state index contributed by atoms with van der Waals surface area (Å²) in [6.45, 7) is 0.252. The molecule has 4 N–H and O–H groups in total. The van der Waals surface area contributed by atoms with Crippen LogP contribution in [0.1, 0.15) is 24.4 Å². The Morgan fingerprint density at radius 3 is 2.50 bits per heavy atom. The molecule has 2 aromatic rings. The van der Waals surface area contributed by atoms with Gasteiger partial charge in [0.05, 0.1) is 11.4 Å². The van der Waals surface area contributed by atoms with Gasteiger partial charge < -0.3 is 21.3 Å². The molecule has 3 amide bonds. The van der Waals surface area contributed by atoms with E-state index in [0.717, 1.165) is 5.56 Å². The molecule has 0 aliphatic carbocycles. The van der Waals surface area contributed by atoms with E-state index in [1.54, 1.807) is 24.3 Å². The molecule has 1 atom stereocenters. The van der Waals surface area contributed by atoms with E-state index in [4.69, 9.17) is 5.73 Å². The Kier molecular flexibility index (Phi) is 7.54. The van der Waals surface area contributed by atoms with E-state index in [-0.39, 0.29) is 55.6 Å². The smallest absolute Gasteiger partial charge is 0.244 e. The first-order chi connectivity index (χ1) is 13.0. The lowest BCUT2D eigenvalue weighted by Crippen LogP contribution is -2.42. The maximum absolute atomic E-state index is 12.5. The number of rotatable bonds is 6. The van der Waals surface area contributed by atoms with Gasteiger partial charge in [-0.05, 0) is 17.7 Å². The van der Waals surface area contributed by atoms with E-state index in [2.05, 4.69) is 10.6 Å². The molecule has 1 aliphatic heterocycles. The molecule has 7 nitrogen and oxygen atoms in total. The van der Waals surface area contributed by atoms with Gasteiger partial charge in [0.25, 0.3) is 0 Å². The summed E-state index contributed by atoms with van der Waals surface area (Å²) in [5, 5.41) is 5.49. The minimum absolute atomic E-state index is 0. The number of fused-ring (bicyclic) bond motifs is 1. The van der Waals surface area contributed by atoms with Crippen LogP contribution in [0.25, 0.3) is 0 Å². The van der Waals surface area contributed by atoms with Crippen molar-refractivity contribution in [2.45, 2.75) is 18.9 Å². The average molecular weight is 403 g/mol. The highest BCUT2D eigenvalue weighted by molar-refractivity contribution is 6.10. The van der Waals surface area contributed by atoms with Crippen LogP contribution in [-0.2, 0) is 14.4 Å². The van der Waals surface area contributed by atoms with Crippen molar-refractivity contribution in [1.29, 1.82) is 0 Å². The summed E-state index contributed by atoms with van der Waals surface area (Å²) in [6.07, 6.45) is 0.0641. The molecule has 0 saturated carbocycles. The van der Waals surface area contributed by atoms with Gasteiger partial charge in [0.1, 0.15) is 6.54 Å². The maximum atomic E-state index is 12.5. The van der Waals surface area contributed by atoms with Crippen molar-refractivity contribution < 1.29 is 14.4 Å². The first kappa shape index (κ1) is 21.4. The number of nitrogens with two attached hydrogens (primary N) is 1. The number of benzene rings is 2. The van der Waals surface area contributed by atoms with Gasteiger partial charge in [0.15, 0.2) is 0 Å². The monoisotopic (exact) mass is 402 g/mol. The minimum Gasteiger partial charge on any atom is -0.354 e. The van der Waals surface area contributed by atoms with Crippen molar-refractivity contribution >= 4 is 41.5 Å². The Labute approximate surface area is 169 Å². The molecule has 1 aliphatic rings.